The van der Waals surface area contributed by atoms with Gasteiger partial charge in [-0.05, 0) is 37.0 Å². The summed E-state index contributed by atoms with van der Waals surface area (Å²) >= 11 is 5.85. The molecule has 112 valence electrons. The lowest BCUT2D eigenvalue weighted by molar-refractivity contribution is 0.281. The number of rotatable bonds is 4. The first-order valence-electron chi connectivity index (χ1n) is 6.72. The largest absolute Gasteiger partial charge is 0.496 e. The van der Waals surface area contributed by atoms with Crippen molar-refractivity contribution in [2.24, 2.45) is 5.92 Å². The Kier molecular flexibility index (Phi) is 4.94. The third kappa shape index (κ3) is 3.10. The first kappa shape index (κ1) is 15.6. The van der Waals surface area contributed by atoms with E-state index < -0.39 is 10.0 Å². The van der Waals surface area contributed by atoms with Crippen molar-refractivity contribution < 1.29 is 13.2 Å². The van der Waals surface area contributed by atoms with Crippen LogP contribution < -0.4 is 4.74 Å². The number of methoxy groups -OCH3 is 1. The van der Waals surface area contributed by atoms with Gasteiger partial charge in [0.2, 0.25) is 10.0 Å². The van der Waals surface area contributed by atoms with Crippen LogP contribution in [-0.2, 0) is 15.9 Å². The molecule has 20 heavy (non-hydrogen) atoms. The quantitative estimate of drug-likeness (QED) is 0.802. The number of hydrogen-bond acceptors (Lipinski definition) is 3. The van der Waals surface area contributed by atoms with Crippen LogP contribution in [0.1, 0.15) is 25.3 Å². The molecule has 0 saturated carbocycles. The Morgan fingerprint density at radius 1 is 1.45 bits per heavy atom. The molecule has 1 aromatic rings. The normalized spacial score (nSPS) is 20.9. The molecule has 1 aliphatic rings. The van der Waals surface area contributed by atoms with E-state index in [0.717, 1.165) is 12.8 Å². The summed E-state index contributed by atoms with van der Waals surface area (Å²) in [7, 11) is -1.89. The smallest absolute Gasteiger partial charge is 0.243 e. The second-order valence-electron chi connectivity index (χ2n) is 5.22. The molecule has 0 aromatic heterocycles. The molecule has 1 saturated heterocycles. The summed E-state index contributed by atoms with van der Waals surface area (Å²) < 4.78 is 32.0. The lowest BCUT2D eigenvalue weighted by atomic mass is 10.0. The molecule has 4 nitrogen and oxygen atoms in total. The van der Waals surface area contributed by atoms with Crippen molar-refractivity contribution in [1.82, 2.24) is 4.31 Å². The molecule has 1 heterocycles. The number of ether oxygens (including phenoxy) is 1. The topological polar surface area (TPSA) is 46.6 Å². The number of hydrogen-bond donors (Lipinski definition) is 0. The highest BCUT2D eigenvalue weighted by atomic mass is 35.5. The van der Waals surface area contributed by atoms with Gasteiger partial charge in [0.1, 0.15) is 5.75 Å². The molecule has 1 unspecified atom stereocenters. The van der Waals surface area contributed by atoms with Crippen LogP contribution in [-0.4, -0.2) is 32.9 Å². The van der Waals surface area contributed by atoms with Crippen LogP contribution in [0, 0.1) is 5.92 Å². The number of nitrogens with zero attached hydrogens (tertiary/aromatic N) is 1. The Bertz CT molecular complexity index is 574. The Hall–Kier alpha value is -0.780. The molecule has 1 aromatic carbocycles. The SMILES string of the molecule is COc1ccc(S(=O)(=O)N2CCCC(C)C2)cc1CCl. The van der Waals surface area contributed by atoms with E-state index in [1.165, 1.54) is 0 Å². The minimum atomic E-state index is -3.43. The fourth-order valence-electron chi connectivity index (χ4n) is 2.53. The molecule has 1 aliphatic heterocycles. The Labute approximate surface area is 125 Å². The molecule has 0 radical (unpaired) electrons. The fourth-order valence-corrected chi connectivity index (χ4v) is 4.39. The zero-order valence-electron chi connectivity index (χ0n) is 11.8. The molecular weight excluding hydrogens is 298 g/mol. The van der Waals surface area contributed by atoms with Crippen LogP contribution in [0.5, 0.6) is 5.75 Å². The van der Waals surface area contributed by atoms with E-state index in [1.807, 2.05) is 0 Å². The minimum Gasteiger partial charge on any atom is -0.496 e. The summed E-state index contributed by atoms with van der Waals surface area (Å²) in [6.07, 6.45) is 2.00. The van der Waals surface area contributed by atoms with Gasteiger partial charge in [-0.25, -0.2) is 8.42 Å². The molecular formula is C14H20ClNO3S. The molecule has 0 N–H and O–H groups in total. The molecule has 2 rings (SSSR count). The van der Waals surface area contributed by atoms with Gasteiger partial charge in [-0.3, -0.25) is 0 Å². The van der Waals surface area contributed by atoms with E-state index >= 15 is 0 Å². The lowest BCUT2D eigenvalue weighted by Gasteiger charge is -2.30. The molecule has 0 amide bonds. The highest BCUT2D eigenvalue weighted by Gasteiger charge is 2.29. The van der Waals surface area contributed by atoms with Crippen LogP contribution in [0.4, 0.5) is 0 Å². The van der Waals surface area contributed by atoms with Crippen LogP contribution in [0.15, 0.2) is 23.1 Å². The lowest BCUT2D eigenvalue weighted by Crippen LogP contribution is -2.39. The number of sulfonamides is 1. The summed E-state index contributed by atoms with van der Waals surface area (Å²) in [5.41, 5.74) is 0.695. The summed E-state index contributed by atoms with van der Waals surface area (Å²) in [5.74, 6) is 1.25. The number of halogens is 1. The predicted molar refractivity (Wildman–Crippen MR) is 79.7 cm³/mol. The Balaban J connectivity index is 2.34. The fraction of sp³-hybridized carbons (Fsp3) is 0.571. The van der Waals surface area contributed by atoms with Crippen molar-refractivity contribution >= 4 is 21.6 Å². The van der Waals surface area contributed by atoms with E-state index in [4.69, 9.17) is 16.3 Å². The van der Waals surface area contributed by atoms with Gasteiger partial charge < -0.3 is 4.74 Å². The maximum absolute atomic E-state index is 12.6. The van der Waals surface area contributed by atoms with Crippen molar-refractivity contribution in [3.63, 3.8) is 0 Å². The number of benzene rings is 1. The summed E-state index contributed by atoms with van der Waals surface area (Å²) in [4.78, 5) is 0.294. The van der Waals surface area contributed by atoms with Gasteiger partial charge in [0.05, 0.1) is 17.9 Å². The average Bonchev–Trinajstić information content (AvgIpc) is 2.46. The van der Waals surface area contributed by atoms with Crippen molar-refractivity contribution in [2.45, 2.75) is 30.5 Å². The van der Waals surface area contributed by atoms with Gasteiger partial charge >= 0.3 is 0 Å². The van der Waals surface area contributed by atoms with E-state index in [2.05, 4.69) is 6.92 Å². The Morgan fingerprint density at radius 3 is 2.80 bits per heavy atom. The van der Waals surface area contributed by atoms with Gasteiger partial charge in [-0.2, -0.15) is 4.31 Å². The summed E-state index contributed by atoms with van der Waals surface area (Å²) in [5, 5.41) is 0. The van der Waals surface area contributed by atoms with Gasteiger partial charge in [-0.1, -0.05) is 6.92 Å². The highest BCUT2D eigenvalue weighted by Crippen LogP contribution is 2.28. The van der Waals surface area contributed by atoms with E-state index in [-0.39, 0.29) is 5.88 Å². The second-order valence-corrected chi connectivity index (χ2v) is 7.42. The number of piperidine rings is 1. The standard InChI is InChI=1S/C14H20ClNO3S/c1-11-4-3-7-16(10-11)20(17,18)13-5-6-14(19-2)12(8-13)9-15/h5-6,8,11H,3-4,7,9-10H2,1-2H3. The molecule has 0 spiro atoms. The first-order valence-corrected chi connectivity index (χ1v) is 8.69. The van der Waals surface area contributed by atoms with Crippen LogP contribution in [0.2, 0.25) is 0 Å². The average molecular weight is 318 g/mol. The molecule has 6 heteroatoms. The molecule has 1 fully saturated rings. The third-order valence-corrected chi connectivity index (χ3v) is 5.80. The van der Waals surface area contributed by atoms with E-state index in [9.17, 15) is 8.42 Å². The van der Waals surface area contributed by atoms with Crippen LogP contribution in [0.3, 0.4) is 0 Å². The monoisotopic (exact) mass is 317 g/mol. The van der Waals surface area contributed by atoms with Gasteiger partial charge in [-0.15, -0.1) is 11.6 Å². The zero-order valence-corrected chi connectivity index (χ0v) is 13.4. The van der Waals surface area contributed by atoms with E-state index in [1.54, 1.807) is 29.6 Å². The first-order chi connectivity index (χ1) is 9.48. The van der Waals surface area contributed by atoms with Crippen molar-refractivity contribution in [1.29, 1.82) is 0 Å². The zero-order chi connectivity index (χ0) is 14.8. The molecule has 1 atom stereocenters. The minimum absolute atomic E-state index is 0.225. The maximum Gasteiger partial charge on any atom is 0.243 e. The van der Waals surface area contributed by atoms with Gasteiger partial charge in [0.25, 0.3) is 0 Å². The molecule has 0 aliphatic carbocycles. The highest BCUT2D eigenvalue weighted by molar-refractivity contribution is 7.89. The number of alkyl halides is 1. The third-order valence-electron chi connectivity index (χ3n) is 3.65. The van der Waals surface area contributed by atoms with Gasteiger partial charge in [0.15, 0.2) is 0 Å². The molecule has 0 bridgehead atoms. The van der Waals surface area contributed by atoms with E-state index in [0.29, 0.717) is 35.2 Å². The van der Waals surface area contributed by atoms with Crippen molar-refractivity contribution in [3.8, 4) is 5.75 Å². The van der Waals surface area contributed by atoms with Crippen molar-refractivity contribution in [2.75, 3.05) is 20.2 Å². The summed E-state index contributed by atoms with van der Waals surface area (Å²) in [6.45, 7) is 3.26. The van der Waals surface area contributed by atoms with Crippen LogP contribution >= 0.6 is 11.6 Å². The van der Waals surface area contributed by atoms with Crippen LogP contribution in [0.25, 0.3) is 0 Å². The second kappa shape index (κ2) is 6.33. The Morgan fingerprint density at radius 2 is 2.20 bits per heavy atom. The summed E-state index contributed by atoms with van der Waals surface area (Å²) in [6, 6.07) is 4.86. The van der Waals surface area contributed by atoms with Gasteiger partial charge in [0, 0.05) is 18.7 Å². The maximum atomic E-state index is 12.6. The van der Waals surface area contributed by atoms with Crippen molar-refractivity contribution in [3.05, 3.63) is 23.8 Å². The predicted octanol–water partition coefficient (Wildman–Crippen LogP) is 2.85.